The summed E-state index contributed by atoms with van der Waals surface area (Å²) in [6, 6.07) is 5.98. The minimum Gasteiger partial charge on any atom is -0.312 e. The van der Waals surface area contributed by atoms with Crippen LogP contribution in [0.2, 0.25) is 5.02 Å². The van der Waals surface area contributed by atoms with E-state index in [4.69, 9.17) is 11.6 Å². The van der Waals surface area contributed by atoms with Gasteiger partial charge in [0, 0.05) is 11.0 Å². The zero-order valence-corrected chi connectivity index (χ0v) is 10.2. The summed E-state index contributed by atoms with van der Waals surface area (Å²) in [7, 11) is 0. The van der Waals surface area contributed by atoms with Gasteiger partial charge in [0.15, 0.2) is 0 Å². The molecule has 0 heterocycles. The smallest absolute Gasteiger partial charge is 0.0551 e. The first-order valence-electron chi connectivity index (χ1n) is 4.49. The van der Waals surface area contributed by atoms with Crippen molar-refractivity contribution in [3.63, 3.8) is 0 Å². The van der Waals surface area contributed by atoms with Crippen LogP contribution < -0.4 is 5.32 Å². The normalized spacial score (nSPS) is 10.1. The van der Waals surface area contributed by atoms with Crippen molar-refractivity contribution in [1.82, 2.24) is 5.32 Å². The Hall–Kier alpha value is -0.310. The highest BCUT2D eigenvalue weighted by Gasteiger charge is 1.98. The molecule has 0 bridgehead atoms. The number of hydrogen-bond acceptors (Lipinski definition) is 1. The van der Waals surface area contributed by atoms with Gasteiger partial charge in [-0.25, -0.2) is 0 Å². The largest absolute Gasteiger partial charge is 0.312 e. The van der Waals surface area contributed by atoms with Crippen molar-refractivity contribution >= 4 is 27.5 Å². The third kappa shape index (κ3) is 3.82. The van der Waals surface area contributed by atoms with Gasteiger partial charge in [-0.15, -0.1) is 6.58 Å². The monoisotopic (exact) mass is 273 g/mol. The Kier molecular flexibility index (Phi) is 5.23. The van der Waals surface area contributed by atoms with E-state index in [9.17, 15) is 0 Å². The van der Waals surface area contributed by atoms with E-state index in [0.717, 1.165) is 29.0 Å². The zero-order valence-electron chi connectivity index (χ0n) is 7.89. The fraction of sp³-hybridized carbons (Fsp3) is 0.273. The molecule has 0 aliphatic heterocycles. The molecule has 0 atom stereocenters. The molecule has 14 heavy (non-hydrogen) atoms. The summed E-state index contributed by atoms with van der Waals surface area (Å²) in [6.45, 7) is 5.47. The zero-order chi connectivity index (χ0) is 10.4. The first kappa shape index (κ1) is 11.8. The minimum atomic E-state index is 0.757. The Morgan fingerprint density at radius 2 is 2.29 bits per heavy atom. The van der Waals surface area contributed by atoms with E-state index in [0.29, 0.717) is 0 Å². The van der Waals surface area contributed by atoms with E-state index < -0.39 is 0 Å². The molecule has 76 valence electrons. The highest BCUT2D eigenvalue weighted by atomic mass is 79.9. The van der Waals surface area contributed by atoms with Gasteiger partial charge in [-0.1, -0.05) is 23.7 Å². The summed E-state index contributed by atoms with van der Waals surface area (Å²) < 4.78 is 0.939. The number of halogens is 2. The molecule has 0 amide bonds. The van der Waals surface area contributed by atoms with Crippen LogP contribution in [0.25, 0.3) is 0 Å². The van der Waals surface area contributed by atoms with Crippen LogP contribution in [0.15, 0.2) is 35.3 Å². The van der Waals surface area contributed by atoms with Crippen LogP contribution in [-0.2, 0) is 6.54 Å². The quantitative estimate of drug-likeness (QED) is 0.637. The van der Waals surface area contributed by atoms with Gasteiger partial charge in [0.25, 0.3) is 0 Å². The van der Waals surface area contributed by atoms with Crippen LogP contribution in [0, 0.1) is 0 Å². The van der Waals surface area contributed by atoms with Crippen molar-refractivity contribution in [2.75, 3.05) is 6.54 Å². The summed E-state index contributed by atoms with van der Waals surface area (Å²) in [5, 5.41) is 4.06. The SMILES string of the molecule is C=CCCNCc1ccc(Br)c(Cl)c1. The second-order valence-corrected chi connectivity index (χ2v) is 4.26. The van der Waals surface area contributed by atoms with Crippen molar-refractivity contribution in [1.29, 1.82) is 0 Å². The Morgan fingerprint density at radius 1 is 1.50 bits per heavy atom. The number of rotatable bonds is 5. The molecular formula is C11H13BrClN. The lowest BCUT2D eigenvalue weighted by molar-refractivity contribution is 0.696. The second kappa shape index (κ2) is 6.23. The van der Waals surface area contributed by atoms with E-state index in [1.165, 1.54) is 5.56 Å². The van der Waals surface area contributed by atoms with Gasteiger partial charge in [0.2, 0.25) is 0 Å². The van der Waals surface area contributed by atoms with Crippen molar-refractivity contribution in [2.24, 2.45) is 0 Å². The molecule has 0 aliphatic rings. The summed E-state index contributed by atoms with van der Waals surface area (Å²) in [4.78, 5) is 0. The molecule has 1 aromatic carbocycles. The molecule has 0 unspecified atom stereocenters. The molecule has 1 rings (SSSR count). The van der Waals surface area contributed by atoms with E-state index in [1.54, 1.807) is 0 Å². The molecule has 0 radical (unpaired) electrons. The van der Waals surface area contributed by atoms with E-state index in [-0.39, 0.29) is 0 Å². The van der Waals surface area contributed by atoms with Gasteiger partial charge >= 0.3 is 0 Å². The third-order valence-electron chi connectivity index (χ3n) is 1.84. The van der Waals surface area contributed by atoms with Gasteiger partial charge < -0.3 is 5.32 Å². The fourth-order valence-electron chi connectivity index (χ4n) is 1.09. The molecule has 0 spiro atoms. The average Bonchev–Trinajstić information content (AvgIpc) is 2.18. The molecular weight excluding hydrogens is 261 g/mol. The maximum Gasteiger partial charge on any atom is 0.0551 e. The van der Waals surface area contributed by atoms with E-state index in [2.05, 4.69) is 33.9 Å². The second-order valence-electron chi connectivity index (χ2n) is 3.00. The molecule has 1 N–H and O–H groups in total. The molecule has 0 aromatic heterocycles. The number of benzene rings is 1. The Bertz CT molecular complexity index is 312. The highest BCUT2D eigenvalue weighted by molar-refractivity contribution is 9.10. The topological polar surface area (TPSA) is 12.0 Å². The van der Waals surface area contributed by atoms with E-state index in [1.807, 2.05) is 18.2 Å². The van der Waals surface area contributed by atoms with Crippen LogP contribution >= 0.6 is 27.5 Å². The third-order valence-corrected chi connectivity index (χ3v) is 3.07. The lowest BCUT2D eigenvalue weighted by Crippen LogP contribution is -2.13. The standard InChI is InChI=1S/C11H13BrClN/c1-2-3-6-14-8-9-4-5-10(12)11(13)7-9/h2,4-5,7,14H,1,3,6,8H2. The van der Waals surface area contributed by atoms with Crippen LogP contribution in [0.3, 0.4) is 0 Å². The van der Waals surface area contributed by atoms with Crippen molar-refractivity contribution in [3.05, 3.63) is 45.9 Å². The van der Waals surface area contributed by atoms with Crippen LogP contribution in [0.4, 0.5) is 0 Å². The Morgan fingerprint density at radius 3 is 2.93 bits per heavy atom. The van der Waals surface area contributed by atoms with Crippen molar-refractivity contribution in [2.45, 2.75) is 13.0 Å². The predicted octanol–water partition coefficient (Wildman–Crippen LogP) is 3.77. The van der Waals surface area contributed by atoms with Gasteiger partial charge in [-0.2, -0.15) is 0 Å². The molecule has 0 saturated carbocycles. The van der Waals surface area contributed by atoms with Crippen LogP contribution in [0.1, 0.15) is 12.0 Å². The Balaban J connectivity index is 2.43. The van der Waals surface area contributed by atoms with Crippen molar-refractivity contribution < 1.29 is 0 Å². The molecule has 0 fully saturated rings. The number of hydrogen-bond donors (Lipinski definition) is 1. The summed E-state index contributed by atoms with van der Waals surface area (Å²) in [6.07, 6.45) is 2.89. The van der Waals surface area contributed by atoms with Crippen molar-refractivity contribution in [3.8, 4) is 0 Å². The predicted molar refractivity (Wildman–Crippen MR) is 65.7 cm³/mol. The Labute approximate surface area is 98.3 Å². The molecule has 0 aliphatic carbocycles. The molecule has 0 saturated heterocycles. The maximum absolute atomic E-state index is 5.96. The average molecular weight is 275 g/mol. The fourth-order valence-corrected chi connectivity index (χ4v) is 1.54. The van der Waals surface area contributed by atoms with Gasteiger partial charge in [0.05, 0.1) is 5.02 Å². The van der Waals surface area contributed by atoms with Crippen LogP contribution in [0.5, 0.6) is 0 Å². The minimum absolute atomic E-state index is 0.757. The van der Waals surface area contributed by atoms with Crippen LogP contribution in [-0.4, -0.2) is 6.54 Å². The molecule has 1 aromatic rings. The lowest BCUT2D eigenvalue weighted by atomic mass is 10.2. The van der Waals surface area contributed by atoms with Gasteiger partial charge in [-0.05, 0) is 46.6 Å². The van der Waals surface area contributed by atoms with E-state index >= 15 is 0 Å². The lowest BCUT2D eigenvalue weighted by Gasteiger charge is -2.04. The molecule has 3 heteroatoms. The highest BCUT2D eigenvalue weighted by Crippen LogP contribution is 2.22. The number of nitrogens with one attached hydrogen (secondary N) is 1. The summed E-state index contributed by atoms with van der Waals surface area (Å²) in [5.74, 6) is 0. The molecule has 1 nitrogen and oxygen atoms in total. The maximum atomic E-state index is 5.96. The first-order valence-corrected chi connectivity index (χ1v) is 5.66. The first-order chi connectivity index (χ1) is 6.74. The van der Waals surface area contributed by atoms with Gasteiger partial charge in [0.1, 0.15) is 0 Å². The summed E-state index contributed by atoms with van der Waals surface area (Å²) >= 11 is 9.32. The summed E-state index contributed by atoms with van der Waals surface area (Å²) in [5.41, 5.74) is 1.20. The van der Waals surface area contributed by atoms with Gasteiger partial charge in [-0.3, -0.25) is 0 Å².